The van der Waals surface area contributed by atoms with E-state index in [4.69, 9.17) is 22.3 Å². The molecule has 1 atom stereocenters. The van der Waals surface area contributed by atoms with Gasteiger partial charge in [-0.2, -0.15) is 29.6 Å². The lowest BCUT2D eigenvalue weighted by Gasteiger charge is -2.11. The number of phenols is 1. The molecule has 8 N–H and O–H groups in total. The van der Waals surface area contributed by atoms with Crippen LogP contribution in [0, 0.1) is 6.92 Å². The van der Waals surface area contributed by atoms with E-state index in [-0.39, 0.29) is 23.4 Å². The molecular weight excluding hydrogens is 603 g/mol. The second kappa shape index (κ2) is 13.7. The van der Waals surface area contributed by atoms with E-state index in [0.29, 0.717) is 33.3 Å². The molecule has 0 amide bonds. The van der Waals surface area contributed by atoms with Crippen LogP contribution < -0.4 is 32.8 Å². The summed E-state index contributed by atoms with van der Waals surface area (Å²) < 4.78 is 47.3. The second-order valence-electron chi connectivity index (χ2n) is 8.63. The molecule has 0 fully saturated rings. The monoisotopic (exact) mass is 629 g/mol. The summed E-state index contributed by atoms with van der Waals surface area (Å²) in [6.45, 7) is 3.75. The van der Waals surface area contributed by atoms with Crippen LogP contribution in [0.4, 0.5) is 28.4 Å². The predicted molar refractivity (Wildman–Crippen MR) is 156 cm³/mol. The first-order valence-electron chi connectivity index (χ1n) is 12.2. The Morgan fingerprint density at radius 2 is 1.74 bits per heavy atom. The molecule has 0 aromatic heterocycles. The molecule has 0 saturated carbocycles. The van der Waals surface area contributed by atoms with Gasteiger partial charge in [-0.25, -0.2) is 0 Å². The standard InChI is InChI=1S/C25H25N8O8PS/c1-3-38-22-13-20(14(2)9-21(22)31-29-17-5-4-6-18(12-17)42(35)33-41-39-27)30-32-24-23(43(36,37)40-28)10-15-7-8-16(26)11-19(15)25(24)34/h4-13H,3,27-28H2,1-2H3,(H3-,26,29,30,31,32,33,34,35)/p+1. The Morgan fingerprint density at radius 3 is 2.47 bits per heavy atom. The van der Waals surface area contributed by atoms with Gasteiger partial charge >= 0.3 is 18.1 Å². The Labute approximate surface area is 245 Å². The van der Waals surface area contributed by atoms with Gasteiger partial charge in [0, 0.05) is 23.2 Å². The average Bonchev–Trinajstić information content (AvgIpc) is 3.00. The van der Waals surface area contributed by atoms with Gasteiger partial charge in [-0.05, 0) is 65.8 Å². The lowest BCUT2D eigenvalue weighted by molar-refractivity contribution is -0.322. The van der Waals surface area contributed by atoms with E-state index in [1.54, 1.807) is 44.2 Å². The zero-order valence-corrected chi connectivity index (χ0v) is 24.4. The number of nitrogens with zero attached hydrogens (tertiary/aromatic N) is 4. The Bertz CT molecular complexity index is 1850. The number of azo groups is 2. The van der Waals surface area contributed by atoms with E-state index in [0.717, 1.165) is 0 Å². The molecule has 4 aromatic carbocycles. The Balaban J connectivity index is 1.73. The summed E-state index contributed by atoms with van der Waals surface area (Å²) in [6.07, 6.45) is 0. The van der Waals surface area contributed by atoms with Crippen LogP contribution in [0.1, 0.15) is 12.5 Å². The molecule has 0 saturated heterocycles. The predicted octanol–water partition coefficient (Wildman–Crippen LogP) is 4.94. The summed E-state index contributed by atoms with van der Waals surface area (Å²) >= 11 is 0. The maximum Gasteiger partial charge on any atom is 0.499 e. The normalized spacial score (nSPS) is 12.4. The molecule has 18 heteroatoms. The highest BCUT2D eigenvalue weighted by Gasteiger charge is 2.25. The third-order valence-electron chi connectivity index (χ3n) is 5.81. The number of hydrogen-bond acceptors (Lipinski definition) is 15. The molecule has 0 aliphatic heterocycles. The summed E-state index contributed by atoms with van der Waals surface area (Å²) in [6, 6.07) is 15.3. The minimum absolute atomic E-state index is 0.247. The molecule has 0 radical (unpaired) electrons. The summed E-state index contributed by atoms with van der Waals surface area (Å²) in [4.78, 5) is 7.69. The zero-order chi connectivity index (χ0) is 31.1. The van der Waals surface area contributed by atoms with Crippen LogP contribution in [0.3, 0.4) is 0 Å². The van der Waals surface area contributed by atoms with Gasteiger partial charge in [0.25, 0.3) is 0 Å². The van der Waals surface area contributed by atoms with Crippen LogP contribution in [0.2, 0.25) is 0 Å². The van der Waals surface area contributed by atoms with E-state index < -0.39 is 34.4 Å². The van der Waals surface area contributed by atoms with Crippen LogP contribution in [-0.2, 0) is 28.9 Å². The van der Waals surface area contributed by atoms with Crippen LogP contribution in [0.5, 0.6) is 11.5 Å². The Hall–Kier alpha value is -4.45. The van der Waals surface area contributed by atoms with Crippen molar-refractivity contribution in [2.45, 2.75) is 18.7 Å². The van der Waals surface area contributed by atoms with Gasteiger partial charge < -0.3 is 15.6 Å². The zero-order valence-electron chi connectivity index (χ0n) is 22.7. The lowest BCUT2D eigenvalue weighted by atomic mass is 10.1. The fourth-order valence-corrected chi connectivity index (χ4v) is 5.26. The average molecular weight is 630 g/mol. The minimum atomic E-state index is -4.50. The van der Waals surface area contributed by atoms with Crippen molar-refractivity contribution in [3.05, 3.63) is 66.2 Å². The number of rotatable bonds is 12. The molecule has 0 spiro atoms. The summed E-state index contributed by atoms with van der Waals surface area (Å²) in [7, 11) is -6.68. The van der Waals surface area contributed by atoms with Gasteiger partial charge in [0.2, 0.25) is 5.30 Å². The SMILES string of the molecule is CCOc1cc(N=Nc2c(S(=O)(=O)ON)cc3ccc(N)cc3c2O)c(C)cc1N=Nc1cccc([P+](=O)NOON)c1. The van der Waals surface area contributed by atoms with E-state index >= 15 is 0 Å². The maximum absolute atomic E-state index is 12.6. The first kappa shape index (κ1) is 31.5. The van der Waals surface area contributed by atoms with E-state index in [1.165, 1.54) is 30.3 Å². The molecule has 4 rings (SSSR count). The number of phenolic OH excluding ortho intramolecular Hbond substituents is 1. The van der Waals surface area contributed by atoms with Crippen molar-refractivity contribution < 1.29 is 37.1 Å². The largest absolute Gasteiger partial charge is 0.505 e. The van der Waals surface area contributed by atoms with Crippen molar-refractivity contribution in [2.75, 3.05) is 12.3 Å². The van der Waals surface area contributed by atoms with Crippen LogP contribution in [-0.4, -0.2) is 20.1 Å². The number of nitrogens with one attached hydrogen (secondary N) is 1. The Kier molecular flexibility index (Phi) is 10.0. The number of fused-ring (bicyclic) bond motifs is 1. The first-order chi connectivity index (χ1) is 20.6. The fraction of sp³-hybridized carbons (Fsp3) is 0.120. The number of hydrogen-bond donors (Lipinski definition) is 5. The molecule has 0 heterocycles. The van der Waals surface area contributed by atoms with E-state index in [1.807, 2.05) is 0 Å². The highest BCUT2D eigenvalue weighted by molar-refractivity contribution is 7.86. The van der Waals surface area contributed by atoms with Gasteiger partial charge in [0.1, 0.15) is 22.0 Å². The van der Waals surface area contributed by atoms with Gasteiger partial charge in [0.05, 0.1) is 23.2 Å². The quantitative estimate of drug-likeness (QED) is 0.0459. The van der Waals surface area contributed by atoms with Crippen molar-refractivity contribution in [2.24, 2.45) is 32.3 Å². The van der Waals surface area contributed by atoms with E-state index in [2.05, 4.69) is 40.0 Å². The van der Waals surface area contributed by atoms with Crippen molar-refractivity contribution >= 4 is 62.6 Å². The van der Waals surface area contributed by atoms with Crippen molar-refractivity contribution in [3.8, 4) is 11.5 Å². The number of aromatic hydroxyl groups is 1. The molecule has 0 aliphatic rings. The van der Waals surface area contributed by atoms with Crippen molar-refractivity contribution in [3.63, 3.8) is 0 Å². The lowest BCUT2D eigenvalue weighted by Crippen LogP contribution is -2.14. The van der Waals surface area contributed by atoms with Crippen molar-refractivity contribution in [1.29, 1.82) is 0 Å². The second-order valence-corrected chi connectivity index (χ2v) is 11.5. The first-order valence-corrected chi connectivity index (χ1v) is 14.9. The molecule has 43 heavy (non-hydrogen) atoms. The molecular formula is C25H26N8O8PS+. The fourth-order valence-electron chi connectivity index (χ4n) is 3.82. The summed E-state index contributed by atoms with van der Waals surface area (Å²) in [5, 5.41) is 30.7. The maximum atomic E-state index is 12.6. The number of nitrogen functional groups attached to an aromatic ring is 1. The van der Waals surface area contributed by atoms with Crippen LogP contribution in [0.25, 0.3) is 10.8 Å². The molecule has 0 bridgehead atoms. The number of anilines is 1. The highest BCUT2D eigenvalue weighted by atomic mass is 32.2. The molecule has 1 unspecified atom stereocenters. The van der Waals surface area contributed by atoms with Gasteiger partial charge in [-0.3, -0.25) is 0 Å². The third kappa shape index (κ3) is 7.31. The highest BCUT2D eigenvalue weighted by Crippen LogP contribution is 2.43. The molecule has 16 nitrogen and oxygen atoms in total. The number of ether oxygens (including phenoxy) is 1. The third-order valence-corrected chi connectivity index (χ3v) is 7.90. The summed E-state index contributed by atoms with van der Waals surface area (Å²) in [5.74, 6) is 9.56. The van der Waals surface area contributed by atoms with Gasteiger partial charge in [-0.1, -0.05) is 17.1 Å². The van der Waals surface area contributed by atoms with Crippen molar-refractivity contribution in [1.82, 2.24) is 5.25 Å². The molecule has 224 valence electrons. The Morgan fingerprint density at radius 1 is 0.977 bits per heavy atom. The number of aryl methyl sites for hydroxylation is 1. The van der Waals surface area contributed by atoms with E-state index in [9.17, 15) is 18.1 Å². The number of benzene rings is 4. The molecule has 4 aromatic rings. The van der Waals surface area contributed by atoms with Crippen LogP contribution >= 0.6 is 7.95 Å². The van der Waals surface area contributed by atoms with Crippen LogP contribution in [0.15, 0.2) is 86.0 Å². The topological polar surface area (TPSA) is 248 Å². The van der Waals surface area contributed by atoms with Gasteiger partial charge in [-0.15, -0.1) is 20.3 Å². The smallest absolute Gasteiger partial charge is 0.499 e. The number of nitrogens with two attached hydrogens (primary N) is 3. The summed E-state index contributed by atoms with van der Waals surface area (Å²) in [5.41, 5.74) is 7.34. The minimum Gasteiger partial charge on any atom is -0.505 e. The van der Waals surface area contributed by atoms with Gasteiger partial charge in [0.15, 0.2) is 5.75 Å². The molecule has 0 aliphatic carbocycles.